The van der Waals surface area contributed by atoms with Crippen LogP contribution in [0.1, 0.15) is 19.9 Å². The third-order valence-electron chi connectivity index (χ3n) is 4.41. The monoisotopic (exact) mass is 295 g/mol. The molecule has 1 saturated heterocycles. The Kier molecular flexibility index (Phi) is 6.17. The molecular weight excluding hydrogens is 266 g/mol. The number of aromatic nitrogens is 2. The molecule has 0 saturated carbocycles. The number of hydrogen-bond donors (Lipinski definition) is 2. The van der Waals surface area contributed by atoms with Crippen LogP contribution in [-0.4, -0.2) is 83.1 Å². The number of nitrogens with one attached hydrogen (secondary N) is 1. The first kappa shape index (κ1) is 16.4. The van der Waals surface area contributed by atoms with Crippen LogP contribution < -0.4 is 5.32 Å². The Morgan fingerprint density at radius 1 is 1.24 bits per heavy atom. The summed E-state index contributed by atoms with van der Waals surface area (Å²) in [6, 6.07) is 2.48. The number of hydrogen-bond acceptors (Lipinski definition) is 5. The molecule has 0 radical (unpaired) electrons. The van der Waals surface area contributed by atoms with Crippen molar-refractivity contribution in [2.24, 2.45) is 0 Å². The van der Waals surface area contributed by atoms with Crippen LogP contribution in [0.2, 0.25) is 0 Å². The highest BCUT2D eigenvalue weighted by Crippen LogP contribution is 2.09. The lowest BCUT2D eigenvalue weighted by atomic mass is 10.1. The predicted molar refractivity (Wildman–Crippen MR) is 84.3 cm³/mol. The predicted octanol–water partition coefficient (Wildman–Crippen LogP) is 0.0305. The molecule has 2 heterocycles. The van der Waals surface area contributed by atoms with Crippen molar-refractivity contribution in [2.75, 3.05) is 46.3 Å². The average Bonchev–Trinajstić information content (AvgIpc) is 3.00. The van der Waals surface area contributed by atoms with Crippen LogP contribution in [0, 0.1) is 0 Å². The van der Waals surface area contributed by atoms with Gasteiger partial charge in [-0.1, -0.05) is 0 Å². The van der Waals surface area contributed by atoms with Crippen LogP contribution in [0.15, 0.2) is 18.5 Å². The smallest absolute Gasteiger partial charge is 0.0791 e. The normalized spacial score (nSPS) is 22.1. The first-order valence-corrected chi connectivity index (χ1v) is 7.87. The molecule has 6 nitrogen and oxygen atoms in total. The number of rotatable bonds is 7. The van der Waals surface area contributed by atoms with E-state index in [1.54, 1.807) is 6.20 Å². The van der Waals surface area contributed by atoms with Gasteiger partial charge >= 0.3 is 0 Å². The van der Waals surface area contributed by atoms with Crippen molar-refractivity contribution in [1.82, 2.24) is 24.9 Å². The van der Waals surface area contributed by atoms with Gasteiger partial charge in [0.05, 0.1) is 12.1 Å². The zero-order valence-electron chi connectivity index (χ0n) is 13.4. The molecule has 1 aliphatic rings. The van der Waals surface area contributed by atoms with E-state index in [2.05, 4.69) is 41.1 Å². The summed E-state index contributed by atoms with van der Waals surface area (Å²) in [5.74, 6) is 0. The topological polar surface area (TPSA) is 56.6 Å². The van der Waals surface area contributed by atoms with Crippen LogP contribution in [0.25, 0.3) is 0 Å². The highest BCUT2D eigenvalue weighted by atomic mass is 16.3. The van der Waals surface area contributed by atoms with Gasteiger partial charge < -0.3 is 15.3 Å². The SMILES string of the molecule is C[C@H](NC[C@@H](O)CN1CCN(C)CC1)[C@@H](C)n1cccn1. The molecule has 21 heavy (non-hydrogen) atoms. The highest BCUT2D eigenvalue weighted by Gasteiger charge is 2.19. The largest absolute Gasteiger partial charge is 0.390 e. The van der Waals surface area contributed by atoms with Gasteiger partial charge in [-0.2, -0.15) is 5.10 Å². The third kappa shape index (κ3) is 5.07. The highest BCUT2D eigenvalue weighted by molar-refractivity contribution is 4.84. The van der Waals surface area contributed by atoms with E-state index < -0.39 is 0 Å². The lowest BCUT2D eigenvalue weighted by molar-refractivity contribution is 0.0777. The minimum Gasteiger partial charge on any atom is -0.390 e. The minimum absolute atomic E-state index is 0.270. The molecule has 2 N–H and O–H groups in total. The van der Waals surface area contributed by atoms with E-state index in [0.717, 1.165) is 32.7 Å². The second-order valence-corrected chi connectivity index (χ2v) is 6.18. The molecule has 1 aliphatic heterocycles. The van der Waals surface area contributed by atoms with Gasteiger partial charge in [0.2, 0.25) is 0 Å². The molecule has 6 heteroatoms. The summed E-state index contributed by atoms with van der Waals surface area (Å²) in [5.41, 5.74) is 0. The molecular formula is C15H29N5O. The first-order valence-electron chi connectivity index (χ1n) is 7.87. The van der Waals surface area contributed by atoms with E-state index in [4.69, 9.17) is 0 Å². The molecule has 0 bridgehead atoms. The molecule has 120 valence electrons. The van der Waals surface area contributed by atoms with E-state index in [9.17, 15) is 5.11 Å². The summed E-state index contributed by atoms with van der Waals surface area (Å²) in [7, 11) is 2.15. The van der Waals surface area contributed by atoms with E-state index >= 15 is 0 Å². The summed E-state index contributed by atoms with van der Waals surface area (Å²) in [6.45, 7) is 9.93. The van der Waals surface area contributed by atoms with Crippen molar-refractivity contribution in [2.45, 2.75) is 32.0 Å². The summed E-state index contributed by atoms with van der Waals surface area (Å²) in [5, 5.41) is 17.9. The van der Waals surface area contributed by atoms with Crippen LogP contribution >= 0.6 is 0 Å². The van der Waals surface area contributed by atoms with Gasteiger partial charge in [0, 0.05) is 57.7 Å². The quantitative estimate of drug-likeness (QED) is 0.743. The Bertz CT molecular complexity index is 389. The standard InChI is InChI=1S/C15H29N5O/c1-13(14(2)20-6-4-5-17-20)16-11-15(21)12-19-9-7-18(3)8-10-19/h4-6,13-16,21H,7-12H2,1-3H3/t13-,14+,15+/m0/s1. The van der Waals surface area contributed by atoms with Gasteiger partial charge in [-0.3, -0.25) is 9.58 Å². The van der Waals surface area contributed by atoms with Gasteiger partial charge in [0.1, 0.15) is 0 Å². The van der Waals surface area contributed by atoms with Crippen molar-refractivity contribution in [3.8, 4) is 0 Å². The molecule has 2 rings (SSSR count). The molecule has 0 spiro atoms. The molecule has 1 aromatic heterocycles. The molecule has 3 atom stereocenters. The van der Waals surface area contributed by atoms with Crippen molar-refractivity contribution in [3.63, 3.8) is 0 Å². The van der Waals surface area contributed by atoms with E-state index in [0.29, 0.717) is 6.54 Å². The maximum Gasteiger partial charge on any atom is 0.0791 e. The maximum atomic E-state index is 10.2. The number of aliphatic hydroxyl groups is 1. The Hall–Kier alpha value is -0.950. The average molecular weight is 295 g/mol. The molecule has 1 fully saturated rings. The molecule has 0 amide bonds. The summed E-state index contributed by atoms with van der Waals surface area (Å²) < 4.78 is 1.95. The van der Waals surface area contributed by atoms with Crippen molar-refractivity contribution < 1.29 is 5.11 Å². The third-order valence-corrected chi connectivity index (χ3v) is 4.41. The number of nitrogens with zero attached hydrogens (tertiary/aromatic N) is 4. The van der Waals surface area contributed by atoms with Gasteiger partial charge in [-0.15, -0.1) is 0 Å². The van der Waals surface area contributed by atoms with Gasteiger partial charge in [-0.25, -0.2) is 0 Å². The molecule has 0 aromatic carbocycles. The maximum absolute atomic E-state index is 10.2. The van der Waals surface area contributed by atoms with Gasteiger partial charge in [0.15, 0.2) is 0 Å². The second-order valence-electron chi connectivity index (χ2n) is 6.18. The minimum atomic E-state index is -0.319. The Morgan fingerprint density at radius 2 is 1.95 bits per heavy atom. The Morgan fingerprint density at radius 3 is 2.57 bits per heavy atom. The fraction of sp³-hybridized carbons (Fsp3) is 0.800. The molecule has 1 aromatic rings. The van der Waals surface area contributed by atoms with Crippen LogP contribution in [-0.2, 0) is 0 Å². The van der Waals surface area contributed by atoms with E-state index in [1.165, 1.54) is 0 Å². The summed E-state index contributed by atoms with van der Waals surface area (Å²) in [4.78, 5) is 4.67. The van der Waals surface area contributed by atoms with Crippen molar-refractivity contribution >= 4 is 0 Å². The summed E-state index contributed by atoms with van der Waals surface area (Å²) in [6.07, 6.45) is 3.45. The Labute approximate surface area is 127 Å². The van der Waals surface area contributed by atoms with Crippen molar-refractivity contribution in [1.29, 1.82) is 0 Å². The molecule has 0 unspecified atom stereocenters. The fourth-order valence-corrected chi connectivity index (χ4v) is 2.64. The van der Waals surface area contributed by atoms with Crippen LogP contribution in [0.4, 0.5) is 0 Å². The van der Waals surface area contributed by atoms with E-state index in [1.807, 2.05) is 16.9 Å². The fourth-order valence-electron chi connectivity index (χ4n) is 2.64. The van der Waals surface area contributed by atoms with Gasteiger partial charge in [-0.05, 0) is 27.0 Å². The number of piperazine rings is 1. The second kappa shape index (κ2) is 7.89. The van der Waals surface area contributed by atoms with E-state index in [-0.39, 0.29) is 18.2 Å². The van der Waals surface area contributed by atoms with Gasteiger partial charge in [0.25, 0.3) is 0 Å². The summed E-state index contributed by atoms with van der Waals surface area (Å²) >= 11 is 0. The lowest BCUT2D eigenvalue weighted by Crippen LogP contribution is -2.49. The number of likely N-dealkylation sites (N-methyl/N-ethyl adjacent to an activating group) is 1. The lowest BCUT2D eigenvalue weighted by Gasteiger charge is -2.34. The number of β-amino-alcohol motifs (C(OH)–C–C–N with tert-alkyl or cyclic N) is 1. The van der Waals surface area contributed by atoms with Crippen LogP contribution in [0.5, 0.6) is 0 Å². The number of aliphatic hydroxyl groups excluding tert-OH is 1. The zero-order chi connectivity index (χ0) is 15.2. The zero-order valence-corrected chi connectivity index (χ0v) is 13.4. The Balaban J connectivity index is 1.67. The first-order chi connectivity index (χ1) is 10.1. The van der Waals surface area contributed by atoms with Crippen molar-refractivity contribution in [3.05, 3.63) is 18.5 Å². The van der Waals surface area contributed by atoms with Crippen LogP contribution in [0.3, 0.4) is 0 Å². The molecule has 0 aliphatic carbocycles.